The summed E-state index contributed by atoms with van der Waals surface area (Å²) in [5.41, 5.74) is 4.12. The van der Waals surface area contributed by atoms with Crippen LogP contribution in [0.25, 0.3) is 0 Å². The van der Waals surface area contributed by atoms with Gasteiger partial charge < -0.3 is 9.64 Å². The van der Waals surface area contributed by atoms with Gasteiger partial charge in [-0.25, -0.2) is 4.79 Å². The molecular formula is C29H35N5O2. The van der Waals surface area contributed by atoms with Crippen molar-refractivity contribution in [2.45, 2.75) is 57.9 Å². The fraction of sp³-hybridized carbons (Fsp3) is 0.414. The molecule has 0 saturated carbocycles. The fourth-order valence-corrected chi connectivity index (χ4v) is 4.16. The van der Waals surface area contributed by atoms with Crippen molar-refractivity contribution in [2.24, 2.45) is 20.5 Å². The Morgan fingerprint density at radius 1 is 0.917 bits per heavy atom. The van der Waals surface area contributed by atoms with Crippen LogP contribution in [0.1, 0.15) is 62.2 Å². The summed E-state index contributed by atoms with van der Waals surface area (Å²) < 4.78 is 5.32. The van der Waals surface area contributed by atoms with E-state index in [1.807, 2.05) is 30.4 Å². The lowest BCUT2D eigenvalue weighted by molar-refractivity contribution is 0.0498. The summed E-state index contributed by atoms with van der Waals surface area (Å²) in [5, 5.41) is 17.5. The lowest BCUT2D eigenvalue weighted by Gasteiger charge is -2.17. The third-order valence-corrected chi connectivity index (χ3v) is 6.32. The standard InChI is InChI=1S/C29H35N5O2/c1-2-3-4-7-22-36-29(35)23-8-10-24(11-9-23)30-31-25-12-14-26(15-13-25)32-33-27-16-18-28(19-17-27)34-20-5-6-21-34/h8-14,16-19,26H,2-7,15,20-22H2,1H3/b31-30+,33-32+. The minimum atomic E-state index is -0.296. The van der Waals surface area contributed by atoms with Crippen molar-refractivity contribution in [3.63, 3.8) is 0 Å². The molecule has 7 nitrogen and oxygen atoms in total. The maximum Gasteiger partial charge on any atom is 0.338 e. The molecule has 0 amide bonds. The molecule has 7 heteroatoms. The van der Waals surface area contributed by atoms with Crippen molar-refractivity contribution in [3.8, 4) is 0 Å². The lowest BCUT2D eigenvalue weighted by Crippen LogP contribution is -2.17. The second-order valence-corrected chi connectivity index (χ2v) is 9.16. The van der Waals surface area contributed by atoms with E-state index in [4.69, 9.17) is 4.74 Å². The van der Waals surface area contributed by atoms with Crippen molar-refractivity contribution in [1.82, 2.24) is 0 Å². The number of esters is 1. The number of anilines is 1. The SMILES string of the molecule is CCCCCCOC(=O)c1ccc(/N=N/C2=CCC(/N=N/c3ccc(N4CCCC4)cc3)C=C2)cc1. The van der Waals surface area contributed by atoms with Gasteiger partial charge in [-0.05, 0) is 80.3 Å². The van der Waals surface area contributed by atoms with Gasteiger partial charge in [0.15, 0.2) is 0 Å². The van der Waals surface area contributed by atoms with Gasteiger partial charge in [0.05, 0.1) is 35.3 Å². The summed E-state index contributed by atoms with van der Waals surface area (Å²) in [4.78, 5) is 14.5. The molecule has 2 aromatic rings. The molecule has 0 radical (unpaired) electrons. The lowest BCUT2D eigenvalue weighted by atomic mass is 10.1. The van der Waals surface area contributed by atoms with Gasteiger partial charge in [-0.3, -0.25) is 0 Å². The maximum absolute atomic E-state index is 12.1. The van der Waals surface area contributed by atoms with Gasteiger partial charge in [-0.2, -0.15) is 20.5 Å². The number of carbonyl (C=O) groups excluding carboxylic acids is 1. The fourth-order valence-electron chi connectivity index (χ4n) is 4.16. The second-order valence-electron chi connectivity index (χ2n) is 9.16. The smallest absolute Gasteiger partial charge is 0.338 e. The van der Waals surface area contributed by atoms with Crippen LogP contribution in [0, 0.1) is 0 Å². The Morgan fingerprint density at radius 3 is 2.33 bits per heavy atom. The van der Waals surface area contributed by atoms with E-state index < -0.39 is 0 Å². The number of carbonyl (C=O) groups is 1. The maximum atomic E-state index is 12.1. The zero-order valence-electron chi connectivity index (χ0n) is 21.1. The molecule has 4 rings (SSSR count). The van der Waals surface area contributed by atoms with Crippen LogP contribution in [0.15, 0.2) is 92.9 Å². The second kappa shape index (κ2) is 13.5. The third kappa shape index (κ3) is 7.70. The molecule has 0 spiro atoms. The predicted molar refractivity (Wildman–Crippen MR) is 143 cm³/mol. The van der Waals surface area contributed by atoms with Crippen LogP contribution in [-0.4, -0.2) is 31.7 Å². The van der Waals surface area contributed by atoms with E-state index in [0.717, 1.165) is 50.2 Å². The Bertz CT molecular complexity index is 1100. The van der Waals surface area contributed by atoms with Gasteiger partial charge in [0.1, 0.15) is 0 Å². The van der Waals surface area contributed by atoms with Gasteiger partial charge in [0, 0.05) is 18.8 Å². The molecule has 1 unspecified atom stereocenters. The van der Waals surface area contributed by atoms with E-state index in [1.54, 1.807) is 24.3 Å². The van der Waals surface area contributed by atoms with Gasteiger partial charge in [0.25, 0.3) is 0 Å². The Labute approximate surface area is 213 Å². The van der Waals surface area contributed by atoms with Gasteiger partial charge in [-0.1, -0.05) is 38.3 Å². The summed E-state index contributed by atoms with van der Waals surface area (Å²) in [6.07, 6.45) is 13.5. The van der Waals surface area contributed by atoms with Crippen molar-refractivity contribution in [2.75, 3.05) is 24.6 Å². The van der Waals surface area contributed by atoms with Crippen molar-refractivity contribution in [1.29, 1.82) is 0 Å². The van der Waals surface area contributed by atoms with E-state index >= 15 is 0 Å². The van der Waals surface area contributed by atoms with Crippen molar-refractivity contribution < 1.29 is 9.53 Å². The molecule has 0 N–H and O–H groups in total. The zero-order valence-corrected chi connectivity index (χ0v) is 21.1. The average molecular weight is 486 g/mol. The molecule has 1 aliphatic carbocycles. The monoisotopic (exact) mass is 485 g/mol. The first kappa shape index (κ1) is 25.5. The van der Waals surface area contributed by atoms with E-state index in [2.05, 4.69) is 44.4 Å². The van der Waals surface area contributed by atoms with Gasteiger partial charge >= 0.3 is 5.97 Å². The highest BCUT2D eigenvalue weighted by molar-refractivity contribution is 5.89. The number of unbranched alkanes of at least 4 members (excludes halogenated alkanes) is 3. The van der Waals surface area contributed by atoms with E-state index in [0.29, 0.717) is 17.9 Å². The van der Waals surface area contributed by atoms with E-state index in [9.17, 15) is 4.79 Å². The molecule has 188 valence electrons. The molecule has 0 bridgehead atoms. The molecule has 36 heavy (non-hydrogen) atoms. The molecule has 1 fully saturated rings. The number of nitrogens with zero attached hydrogens (tertiary/aromatic N) is 5. The minimum absolute atomic E-state index is 0.00511. The van der Waals surface area contributed by atoms with Crippen LogP contribution in [0.2, 0.25) is 0 Å². The number of allylic oxidation sites excluding steroid dienone is 1. The Hall–Kier alpha value is -3.61. The molecular weight excluding hydrogens is 450 g/mol. The number of azo groups is 2. The highest BCUT2D eigenvalue weighted by Gasteiger charge is 2.12. The number of rotatable bonds is 11. The first-order valence-electron chi connectivity index (χ1n) is 13.0. The van der Waals surface area contributed by atoms with Gasteiger partial charge in [-0.15, -0.1) is 0 Å². The molecule has 1 aliphatic heterocycles. The Balaban J connectivity index is 1.21. The number of benzene rings is 2. The highest BCUT2D eigenvalue weighted by Crippen LogP contribution is 2.25. The number of hydrogen-bond acceptors (Lipinski definition) is 7. The average Bonchev–Trinajstić information content (AvgIpc) is 3.47. The first-order valence-corrected chi connectivity index (χ1v) is 13.0. The molecule has 2 aliphatic rings. The first-order chi connectivity index (χ1) is 17.7. The van der Waals surface area contributed by atoms with Crippen molar-refractivity contribution in [3.05, 3.63) is 78.0 Å². The third-order valence-electron chi connectivity index (χ3n) is 6.32. The van der Waals surface area contributed by atoms with Crippen LogP contribution in [0.3, 0.4) is 0 Å². The summed E-state index contributed by atoms with van der Waals surface area (Å²) >= 11 is 0. The highest BCUT2D eigenvalue weighted by atomic mass is 16.5. The number of hydrogen-bond donors (Lipinski definition) is 0. The Kier molecular flexibility index (Phi) is 9.54. The van der Waals surface area contributed by atoms with Crippen LogP contribution in [0.5, 0.6) is 0 Å². The number of ether oxygens (including phenoxy) is 1. The normalized spacial score (nSPS) is 17.8. The van der Waals surface area contributed by atoms with Gasteiger partial charge in [0.2, 0.25) is 0 Å². The Morgan fingerprint density at radius 2 is 1.64 bits per heavy atom. The predicted octanol–water partition coefficient (Wildman–Crippen LogP) is 8.10. The molecule has 1 atom stereocenters. The summed E-state index contributed by atoms with van der Waals surface area (Å²) in [6.45, 7) is 4.90. The topological polar surface area (TPSA) is 79.0 Å². The molecule has 2 aromatic carbocycles. The molecule has 0 aromatic heterocycles. The summed E-state index contributed by atoms with van der Waals surface area (Å²) in [6, 6.07) is 15.3. The van der Waals surface area contributed by atoms with Crippen LogP contribution < -0.4 is 4.90 Å². The van der Waals surface area contributed by atoms with E-state index in [1.165, 1.54) is 24.9 Å². The van der Waals surface area contributed by atoms with Crippen LogP contribution >= 0.6 is 0 Å². The summed E-state index contributed by atoms with van der Waals surface area (Å²) in [5.74, 6) is -0.296. The molecule has 1 saturated heterocycles. The largest absolute Gasteiger partial charge is 0.462 e. The zero-order chi connectivity index (χ0) is 25.0. The van der Waals surface area contributed by atoms with Crippen LogP contribution in [0.4, 0.5) is 17.1 Å². The molecule has 1 heterocycles. The van der Waals surface area contributed by atoms with Crippen LogP contribution in [-0.2, 0) is 4.74 Å². The van der Waals surface area contributed by atoms with Crippen molar-refractivity contribution >= 4 is 23.0 Å². The quantitative estimate of drug-likeness (QED) is 0.183. The minimum Gasteiger partial charge on any atom is -0.462 e. The summed E-state index contributed by atoms with van der Waals surface area (Å²) in [7, 11) is 0. The van der Waals surface area contributed by atoms with E-state index in [-0.39, 0.29) is 12.0 Å².